The first kappa shape index (κ1) is 9.91. The molecule has 0 unspecified atom stereocenters. The van der Waals surface area contributed by atoms with Gasteiger partial charge in [-0.3, -0.25) is 0 Å². The van der Waals surface area contributed by atoms with Crippen molar-refractivity contribution in [2.24, 2.45) is 5.73 Å². The van der Waals surface area contributed by atoms with Crippen LogP contribution < -0.4 is 5.73 Å². The van der Waals surface area contributed by atoms with Crippen LogP contribution in [0.5, 0.6) is 0 Å². The Morgan fingerprint density at radius 1 is 1.25 bits per heavy atom. The average Bonchev–Trinajstić information content (AvgIpc) is 2.86. The molecule has 1 heterocycles. The predicted octanol–water partition coefficient (Wildman–Crippen LogP) is 2.55. The summed E-state index contributed by atoms with van der Waals surface area (Å²) in [4.78, 5) is 3.53. The molecule has 16 heavy (non-hydrogen) atoms. The number of aromatic nitrogens is 1. The molecule has 1 aliphatic carbocycles. The third kappa shape index (κ3) is 1.54. The molecular weight excluding hydrogens is 196 g/mol. The maximum Gasteiger partial charge on any atom is 0.0459 e. The second-order valence-electron chi connectivity index (χ2n) is 4.71. The molecule has 0 spiro atoms. The molecule has 2 heteroatoms. The molecule has 1 aromatic carbocycles. The topological polar surface area (TPSA) is 41.8 Å². The summed E-state index contributed by atoms with van der Waals surface area (Å²) in [5.41, 5.74) is 11.3. The Kier molecular flexibility index (Phi) is 2.44. The first-order chi connectivity index (χ1) is 7.88. The lowest BCUT2D eigenvalue weighted by atomic mass is 10.0. The van der Waals surface area contributed by atoms with Gasteiger partial charge in [0.2, 0.25) is 0 Å². The Morgan fingerprint density at radius 2 is 2.19 bits per heavy atom. The standard InChI is InChI=1S/C14H18N2/c15-8-2-3-10-6-7-14-12(9-10)11-4-1-5-13(11)16-14/h6-7,9,16H,1-5,8,15H2. The van der Waals surface area contributed by atoms with Crippen molar-refractivity contribution in [2.75, 3.05) is 6.54 Å². The average molecular weight is 214 g/mol. The summed E-state index contributed by atoms with van der Waals surface area (Å²) < 4.78 is 0. The normalized spacial score (nSPS) is 14.6. The van der Waals surface area contributed by atoms with Crippen LogP contribution in [0.4, 0.5) is 0 Å². The maximum atomic E-state index is 5.55. The van der Waals surface area contributed by atoms with Crippen molar-refractivity contribution in [3.8, 4) is 0 Å². The molecule has 0 atom stereocenters. The van der Waals surface area contributed by atoms with E-state index in [2.05, 4.69) is 23.2 Å². The molecule has 3 N–H and O–H groups in total. The van der Waals surface area contributed by atoms with Gasteiger partial charge in [0.05, 0.1) is 0 Å². The monoisotopic (exact) mass is 214 g/mol. The van der Waals surface area contributed by atoms with Crippen LogP contribution in [0.3, 0.4) is 0 Å². The van der Waals surface area contributed by atoms with Crippen LogP contribution in [0.1, 0.15) is 29.7 Å². The molecule has 3 rings (SSSR count). The lowest BCUT2D eigenvalue weighted by Crippen LogP contribution is -2.00. The van der Waals surface area contributed by atoms with Crippen LogP contribution in [-0.4, -0.2) is 11.5 Å². The Morgan fingerprint density at radius 3 is 3.06 bits per heavy atom. The van der Waals surface area contributed by atoms with E-state index in [4.69, 9.17) is 5.73 Å². The van der Waals surface area contributed by atoms with Gasteiger partial charge in [-0.25, -0.2) is 0 Å². The minimum atomic E-state index is 0.781. The highest BCUT2D eigenvalue weighted by atomic mass is 14.7. The summed E-state index contributed by atoms with van der Waals surface area (Å²) in [5, 5.41) is 1.45. The van der Waals surface area contributed by atoms with Gasteiger partial charge in [-0.2, -0.15) is 0 Å². The van der Waals surface area contributed by atoms with E-state index in [1.54, 1.807) is 5.56 Å². The summed E-state index contributed by atoms with van der Waals surface area (Å²) >= 11 is 0. The van der Waals surface area contributed by atoms with Crippen molar-refractivity contribution in [3.05, 3.63) is 35.0 Å². The fourth-order valence-corrected chi connectivity index (χ4v) is 2.75. The van der Waals surface area contributed by atoms with E-state index < -0.39 is 0 Å². The summed E-state index contributed by atoms with van der Waals surface area (Å²) in [6, 6.07) is 6.80. The number of aryl methyl sites for hydroxylation is 3. The summed E-state index contributed by atoms with van der Waals surface area (Å²) in [5.74, 6) is 0. The SMILES string of the molecule is NCCCc1ccc2[nH]c3c(c2c1)CCC3. The zero-order valence-corrected chi connectivity index (χ0v) is 9.55. The van der Waals surface area contributed by atoms with Crippen LogP contribution in [-0.2, 0) is 19.3 Å². The molecule has 0 saturated heterocycles. The number of aromatic amines is 1. The van der Waals surface area contributed by atoms with Crippen molar-refractivity contribution in [1.29, 1.82) is 0 Å². The van der Waals surface area contributed by atoms with Gasteiger partial charge >= 0.3 is 0 Å². The number of rotatable bonds is 3. The number of hydrogen-bond donors (Lipinski definition) is 2. The molecular formula is C14H18N2. The Hall–Kier alpha value is -1.28. The van der Waals surface area contributed by atoms with Crippen LogP contribution >= 0.6 is 0 Å². The van der Waals surface area contributed by atoms with Crippen molar-refractivity contribution in [2.45, 2.75) is 32.1 Å². The van der Waals surface area contributed by atoms with E-state index >= 15 is 0 Å². The van der Waals surface area contributed by atoms with Gasteiger partial charge in [0.1, 0.15) is 0 Å². The molecule has 1 aliphatic rings. The fraction of sp³-hybridized carbons (Fsp3) is 0.429. The highest BCUT2D eigenvalue weighted by Crippen LogP contribution is 2.30. The molecule has 2 nitrogen and oxygen atoms in total. The highest BCUT2D eigenvalue weighted by molar-refractivity contribution is 5.85. The number of benzene rings is 1. The van der Waals surface area contributed by atoms with Gasteiger partial charge in [-0.15, -0.1) is 0 Å². The largest absolute Gasteiger partial charge is 0.358 e. The van der Waals surface area contributed by atoms with E-state index in [-0.39, 0.29) is 0 Å². The van der Waals surface area contributed by atoms with Crippen molar-refractivity contribution >= 4 is 10.9 Å². The Balaban J connectivity index is 2.02. The molecule has 0 fully saturated rings. The van der Waals surface area contributed by atoms with Gasteiger partial charge < -0.3 is 10.7 Å². The molecule has 2 aromatic rings. The van der Waals surface area contributed by atoms with E-state index in [1.807, 2.05) is 0 Å². The van der Waals surface area contributed by atoms with Crippen LogP contribution in [0.2, 0.25) is 0 Å². The Labute approximate surface area is 95.8 Å². The Bertz CT molecular complexity index is 511. The lowest BCUT2D eigenvalue weighted by molar-refractivity contribution is 0.833. The molecule has 1 aromatic heterocycles. The maximum absolute atomic E-state index is 5.55. The molecule has 0 saturated carbocycles. The first-order valence-electron chi connectivity index (χ1n) is 6.21. The quantitative estimate of drug-likeness (QED) is 0.810. The summed E-state index contributed by atoms with van der Waals surface area (Å²) in [6.45, 7) is 0.781. The summed E-state index contributed by atoms with van der Waals surface area (Å²) in [7, 11) is 0. The second kappa shape index (κ2) is 3.95. The van der Waals surface area contributed by atoms with Gasteiger partial charge in [-0.05, 0) is 61.9 Å². The first-order valence-corrected chi connectivity index (χ1v) is 6.21. The van der Waals surface area contributed by atoms with Gasteiger partial charge in [0.15, 0.2) is 0 Å². The van der Waals surface area contributed by atoms with E-state index in [0.717, 1.165) is 19.4 Å². The second-order valence-corrected chi connectivity index (χ2v) is 4.71. The van der Waals surface area contributed by atoms with E-state index in [0.29, 0.717) is 0 Å². The smallest absolute Gasteiger partial charge is 0.0459 e. The molecule has 0 bridgehead atoms. The van der Waals surface area contributed by atoms with Crippen LogP contribution in [0, 0.1) is 0 Å². The number of nitrogens with one attached hydrogen (secondary N) is 1. The predicted molar refractivity (Wildman–Crippen MR) is 67.7 cm³/mol. The van der Waals surface area contributed by atoms with Gasteiger partial charge in [-0.1, -0.05) is 6.07 Å². The lowest BCUT2D eigenvalue weighted by Gasteiger charge is -2.01. The molecule has 84 valence electrons. The molecule has 0 aliphatic heterocycles. The number of hydrogen-bond acceptors (Lipinski definition) is 1. The summed E-state index contributed by atoms with van der Waals surface area (Å²) in [6.07, 6.45) is 5.96. The molecule has 0 amide bonds. The minimum Gasteiger partial charge on any atom is -0.358 e. The number of nitrogens with two attached hydrogens (primary N) is 1. The van der Waals surface area contributed by atoms with Crippen LogP contribution in [0.25, 0.3) is 10.9 Å². The van der Waals surface area contributed by atoms with E-state index in [9.17, 15) is 0 Å². The van der Waals surface area contributed by atoms with E-state index in [1.165, 1.54) is 41.4 Å². The third-order valence-corrected chi connectivity index (χ3v) is 3.58. The van der Waals surface area contributed by atoms with Gasteiger partial charge in [0.25, 0.3) is 0 Å². The minimum absolute atomic E-state index is 0.781. The zero-order valence-electron chi connectivity index (χ0n) is 9.55. The molecule has 0 radical (unpaired) electrons. The third-order valence-electron chi connectivity index (χ3n) is 3.58. The highest BCUT2D eigenvalue weighted by Gasteiger charge is 2.16. The van der Waals surface area contributed by atoms with Crippen molar-refractivity contribution in [1.82, 2.24) is 4.98 Å². The van der Waals surface area contributed by atoms with Crippen molar-refractivity contribution in [3.63, 3.8) is 0 Å². The fourth-order valence-electron chi connectivity index (χ4n) is 2.75. The van der Waals surface area contributed by atoms with Crippen LogP contribution in [0.15, 0.2) is 18.2 Å². The number of H-pyrrole nitrogens is 1. The number of fused-ring (bicyclic) bond motifs is 3. The van der Waals surface area contributed by atoms with Gasteiger partial charge in [0, 0.05) is 16.6 Å². The van der Waals surface area contributed by atoms with Crippen molar-refractivity contribution < 1.29 is 0 Å². The zero-order chi connectivity index (χ0) is 11.0.